The molecule has 2 aromatic rings. The van der Waals surface area contributed by atoms with Crippen LogP contribution in [-0.2, 0) is 6.54 Å². The third kappa shape index (κ3) is 4.96. The zero-order chi connectivity index (χ0) is 17.5. The number of rotatable bonds is 6. The number of thiazole rings is 1. The van der Waals surface area contributed by atoms with Crippen LogP contribution in [-0.4, -0.2) is 63.4 Å². The molecule has 0 atom stereocenters. The number of hydrogen-bond acceptors (Lipinski definition) is 7. The first kappa shape index (κ1) is 17.8. The molecule has 3 rings (SSSR count). The van der Waals surface area contributed by atoms with Crippen molar-refractivity contribution in [1.82, 2.24) is 24.8 Å². The number of carbonyl (C=O) groups is 1. The normalized spacial score (nSPS) is 15.8. The smallest absolute Gasteiger partial charge is 0.273 e. The van der Waals surface area contributed by atoms with Crippen LogP contribution in [0.4, 0.5) is 5.95 Å². The monoisotopic (exact) mass is 360 g/mol. The van der Waals surface area contributed by atoms with E-state index in [1.165, 1.54) is 11.3 Å². The molecule has 1 saturated heterocycles. The molecule has 25 heavy (non-hydrogen) atoms. The van der Waals surface area contributed by atoms with Gasteiger partial charge in [-0.1, -0.05) is 6.92 Å². The van der Waals surface area contributed by atoms with E-state index in [-0.39, 0.29) is 5.91 Å². The number of hydrogen-bond donors (Lipinski definition) is 1. The second-order valence-corrected chi connectivity index (χ2v) is 6.86. The summed E-state index contributed by atoms with van der Waals surface area (Å²) in [4.78, 5) is 29.5. The summed E-state index contributed by atoms with van der Waals surface area (Å²) in [5, 5.41) is 5.00. The standard InChI is InChI=1S/C17H24N6OS/c1-2-4-18-17-19-9-14(10-20-17)11-22-5-3-6-23(8-7-22)16(24)15-12-25-13-21-15/h9-10,12-13H,2-8,11H2,1H3,(H,18,19,20). The molecule has 0 spiro atoms. The Labute approximate surface area is 152 Å². The highest BCUT2D eigenvalue weighted by molar-refractivity contribution is 7.07. The second-order valence-electron chi connectivity index (χ2n) is 6.14. The largest absolute Gasteiger partial charge is 0.354 e. The van der Waals surface area contributed by atoms with E-state index < -0.39 is 0 Å². The Bertz CT molecular complexity index is 660. The molecule has 0 radical (unpaired) electrons. The molecule has 3 heterocycles. The van der Waals surface area contributed by atoms with Crippen LogP contribution in [0.25, 0.3) is 0 Å². The number of carbonyl (C=O) groups excluding carboxylic acids is 1. The Morgan fingerprint density at radius 3 is 2.76 bits per heavy atom. The van der Waals surface area contributed by atoms with Crippen LogP contribution in [0.3, 0.4) is 0 Å². The maximum atomic E-state index is 12.4. The van der Waals surface area contributed by atoms with Crippen molar-refractivity contribution >= 4 is 23.2 Å². The molecule has 0 saturated carbocycles. The highest BCUT2D eigenvalue weighted by Gasteiger charge is 2.21. The summed E-state index contributed by atoms with van der Waals surface area (Å²) < 4.78 is 0. The van der Waals surface area contributed by atoms with E-state index >= 15 is 0 Å². The summed E-state index contributed by atoms with van der Waals surface area (Å²) in [7, 11) is 0. The molecule has 1 aliphatic rings. The maximum Gasteiger partial charge on any atom is 0.273 e. The predicted octanol–water partition coefficient (Wildman–Crippen LogP) is 2.10. The molecular weight excluding hydrogens is 336 g/mol. The number of nitrogens with zero attached hydrogens (tertiary/aromatic N) is 5. The van der Waals surface area contributed by atoms with E-state index in [1.54, 1.807) is 5.51 Å². The van der Waals surface area contributed by atoms with Crippen LogP contribution >= 0.6 is 11.3 Å². The molecule has 134 valence electrons. The van der Waals surface area contributed by atoms with Gasteiger partial charge in [0.25, 0.3) is 5.91 Å². The molecule has 7 nitrogen and oxygen atoms in total. The molecular formula is C17H24N6OS. The van der Waals surface area contributed by atoms with Gasteiger partial charge in [-0.15, -0.1) is 11.3 Å². The number of anilines is 1. The van der Waals surface area contributed by atoms with Gasteiger partial charge in [-0.3, -0.25) is 9.69 Å². The molecule has 8 heteroatoms. The van der Waals surface area contributed by atoms with E-state index in [9.17, 15) is 4.79 Å². The van der Waals surface area contributed by atoms with E-state index in [4.69, 9.17) is 0 Å². The minimum Gasteiger partial charge on any atom is -0.354 e. The number of nitrogens with one attached hydrogen (secondary N) is 1. The summed E-state index contributed by atoms with van der Waals surface area (Å²) >= 11 is 1.46. The van der Waals surface area contributed by atoms with Crippen molar-refractivity contribution in [3.05, 3.63) is 34.5 Å². The minimum absolute atomic E-state index is 0.0396. The van der Waals surface area contributed by atoms with Gasteiger partial charge >= 0.3 is 0 Å². The van der Waals surface area contributed by atoms with E-state index in [0.29, 0.717) is 11.6 Å². The van der Waals surface area contributed by atoms with Gasteiger partial charge in [-0.05, 0) is 12.8 Å². The summed E-state index contributed by atoms with van der Waals surface area (Å²) in [6, 6.07) is 0. The van der Waals surface area contributed by atoms with Gasteiger partial charge < -0.3 is 10.2 Å². The van der Waals surface area contributed by atoms with Crippen molar-refractivity contribution in [3.63, 3.8) is 0 Å². The van der Waals surface area contributed by atoms with Gasteiger partial charge in [0.05, 0.1) is 5.51 Å². The highest BCUT2D eigenvalue weighted by atomic mass is 32.1. The molecule has 1 N–H and O–H groups in total. The lowest BCUT2D eigenvalue weighted by molar-refractivity contribution is 0.0756. The Balaban J connectivity index is 1.52. The summed E-state index contributed by atoms with van der Waals surface area (Å²) in [5.74, 6) is 0.722. The highest BCUT2D eigenvalue weighted by Crippen LogP contribution is 2.12. The molecule has 0 aliphatic carbocycles. The first-order chi connectivity index (χ1) is 12.3. The Morgan fingerprint density at radius 1 is 1.20 bits per heavy atom. The van der Waals surface area contributed by atoms with Gasteiger partial charge in [0, 0.05) is 62.6 Å². The van der Waals surface area contributed by atoms with E-state index in [1.807, 2.05) is 22.7 Å². The van der Waals surface area contributed by atoms with Crippen LogP contribution in [0, 0.1) is 0 Å². The van der Waals surface area contributed by atoms with Crippen LogP contribution in [0.5, 0.6) is 0 Å². The van der Waals surface area contributed by atoms with Crippen molar-refractivity contribution in [1.29, 1.82) is 0 Å². The summed E-state index contributed by atoms with van der Waals surface area (Å²) in [5.41, 5.74) is 3.36. The van der Waals surface area contributed by atoms with Crippen molar-refractivity contribution in [2.75, 3.05) is 38.0 Å². The fraction of sp³-hybridized carbons (Fsp3) is 0.529. The van der Waals surface area contributed by atoms with Crippen LogP contribution in [0.15, 0.2) is 23.3 Å². The minimum atomic E-state index is 0.0396. The van der Waals surface area contributed by atoms with Gasteiger partial charge in [0.2, 0.25) is 5.95 Å². The second kappa shape index (κ2) is 8.87. The fourth-order valence-corrected chi connectivity index (χ4v) is 3.36. The van der Waals surface area contributed by atoms with E-state index in [2.05, 4.69) is 32.1 Å². The van der Waals surface area contributed by atoms with Crippen LogP contribution < -0.4 is 5.32 Å². The summed E-state index contributed by atoms with van der Waals surface area (Å²) in [6.07, 6.45) is 5.78. The average Bonchev–Trinajstić information content (AvgIpc) is 3.08. The van der Waals surface area contributed by atoms with Crippen molar-refractivity contribution in [2.24, 2.45) is 0 Å². The van der Waals surface area contributed by atoms with Crippen molar-refractivity contribution in [2.45, 2.75) is 26.3 Å². The van der Waals surface area contributed by atoms with E-state index in [0.717, 1.165) is 57.7 Å². The Kier molecular flexibility index (Phi) is 6.30. The quantitative estimate of drug-likeness (QED) is 0.850. The first-order valence-electron chi connectivity index (χ1n) is 8.71. The molecule has 0 bridgehead atoms. The molecule has 0 aromatic carbocycles. The third-order valence-electron chi connectivity index (χ3n) is 4.17. The van der Waals surface area contributed by atoms with Crippen LogP contribution in [0.2, 0.25) is 0 Å². The Morgan fingerprint density at radius 2 is 2.04 bits per heavy atom. The lowest BCUT2D eigenvalue weighted by Gasteiger charge is -2.21. The predicted molar refractivity (Wildman–Crippen MR) is 98.7 cm³/mol. The number of aromatic nitrogens is 3. The van der Waals surface area contributed by atoms with Gasteiger partial charge in [-0.2, -0.15) is 0 Å². The Hall–Kier alpha value is -2.06. The third-order valence-corrected chi connectivity index (χ3v) is 4.76. The number of amides is 1. The van der Waals surface area contributed by atoms with Crippen molar-refractivity contribution < 1.29 is 4.79 Å². The lowest BCUT2D eigenvalue weighted by Crippen LogP contribution is -2.35. The van der Waals surface area contributed by atoms with Crippen LogP contribution in [0.1, 0.15) is 35.8 Å². The topological polar surface area (TPSA) is 74.2 Å². The van der Waals surface area contributed by atoms with Crippen molar-refractivity contribution in [3.8, 4) is 0 Å². The summed E-state index contributed by atoms with van der Waals surface area (Å²) in [6.45, 7) is 7.14. The maximum absolute atomic E-state index is 12.4. The zero-order valence-electron chi connectivity index (χ0n) is 14.5. The average molecular weight is 360 g/mol. The molecule has 0 unspecified atom stereocenters. The molecule has 1 aliphatic heterocycles. The molecule has 1 amide bonds. The first-order valence-corrected chi connectivity index (χ1v) is 9.65. The SMILES string of the molecule is CCCNc1ncc(CN2CCCN(C(=O)c3cscn3)CC2)cn1. The zero-order valence-corrected chi connectivity index (χ0v) is 15.3. The lowest BCUT2D eigenvalue weighted by atomic mass is 10.3. The molecule has 1 fully saturated rings. The fourth-order valence-electron chi connectivity index (χ4n) is 2.83. The van der Waals surface area contributed by atoms with Gasteiger partial charge in [-0.25, -0.2) is 15.0 Å². The molecule has 2 aromatic heterocycles. The van der Waals surface area contributed by atoms with Gasteiger partial charge in [0.1, 0.15) is 5.69 Å². The van der Waals surface area contributed by atoms with Gasteiger partial charge in [0.15, 0.2) is 0 Å².